The summed E-state index contributed by atoms with van der Waals surface area (Å²) < 4.78 is 2.74. The first kappa shape index (κ1) is 21.8. The zero-order valence-electron chi connectivity index (χ0n) is 17.0. The first-order chi connectivity index (χ1) is 14.4. The molecule has 1 heterocycles. The molecule has 0 fully saturated rings. The van der Waals surface area contributed by atoms with Gasteiger partial charge in [0.1, 0.15) is 6.04 Å². The second-order valence-electron chi connectivity index (χ2n) is 7.39. The van der Waals surface area contributed by atoms with E-state index in [4.69, 9.17) is 0 Å². The lowest BCUT2D eigenvalue weighted by Crippen LogP contribution is -2.49. The number of hydrogen-bond donors (Lipinski definition) is 2. The molecular weight excluding hydrogens is 444 g/mol. The number of carbonyl (C=O) groups is 2. The number of hydrogen-bond acceptors (Lipinski definition) is 3. The Hall–Kier alpha value is -2.93. The lowest BCUT2D eigenvalue weighted by molar-refractivity contribution is -0.124. The number of amides is 2. The number of benzene rings is 2. The van der Waals surface area contributed by atoms with Gasteiger partial charge in [0.25, 0.3) is 5.91 Å². The van der Waals surface area contributed by atoms with Crippen molar-refractivity contribution in [3.05, 3.63) is 88.2 Å². The molecule has 0 saturated carbocycles. The van der Waals surface area contributed by atoms with Crippen molar-refractivity contribution in [2.24, 2.45) is 5.92 Å². The monoisotopic (exact) mass is 468 g/mol. The van der Waals surface area contributed by atoms with Crippen molar-refractivity contribution in [3.8, 4) is 0 Å². The minimum absolute atomic E-state index is 0.0521. The fourth-order valence-electron chi connectivity index (χ4n) is 3.11. The van der Waals surface area contributed by atoms with E-state index in [1.54, 1.807) is 30.5 Å². The van der Waals surface area contributed by atoms with Crippen LogP contribution in [0.2, 0.25) is 0 Å². The van der Waals surface area contributed by atoms with E-state index >= 15 is 0 Å². The Morgan fingerprint density at radius 2 is 1.73 bits per heavy atom. The lowest BCUT2D eigenvalue weighted by atomic mass is 10.0. The summed E-state index contributed by atoms with van der Waals surface area (Å²) in [6.07, 6.45) is 3.65. The third-order valence-corrected chi connectivity index (χ3v) is 5.33. The molecule has 0 radical (unpaired) electrons. The number of carbonyl (C=O) groups excluding carboxylic acids is 2. The summed E-state index contributed by atoms with van der Waals surface area (Å²) in [4.78, 5) is 25.4. The zero-order chi connectivity index (χ0) is 21.5. The van der Waals surface area contributed by atoms with E-state index in [9.17, 15) is 9.59 Å². The van der Waals surface area contributed by atoms with Crippen LogP contribution in [0.25, 0.3) is 0 Å². The van der Waals surface area contributed by atoms with Crippen LogP contribution in [0, 0.1) is 5.92 Å². The van der Waals surface area contributed by atoms with Crippen molar-refractivity contribution in [2.45, 2.75) is 33.0 Å². The molecule has 0 saturated heterocycles. The van der Waals surface area contributed by atoms with Crippen LogP contribution in [0.3, 0.4) is 0 Å². The minimum atomic E-state index is -0.626. The summed E-state index contributed by atoms with van der Waals surface area (Å²) >= 11 is 3.36. The van der Waals surface area contributed by atoms with Crippen LogP contribution in [0.15, 0.2) is 71.5 Å². The van der Waals surface area contributed by atoms with E-state index in [1.807, 2.05) is 55.1 Å². The fraction of sp³-hybridized carbons (Fsp3) is 0.261. The molecule has 0 aliphatic carbocycles. The van der Waals surface area contributed by atoms with Crippen LogP contribution in [0.4, 0.5) is 0 Å². The van der Waals surface area contributed by atoms with Gasteiger partial charge in [-0.25, -0.2) is 0 Å². The van der Waals surface area contributed by atoms with Crippen LogP contribution in [0.5, 0.6) is 0 Å². The zero-order valence-corrected chi connectivity index (χ0v) is 18.6. The average Bonchev–Trinajstić information content (AvgIpc) is 3.24. The summed E-state index contributed by atoms with van der Waals surface area (Å²) in [5, 5.41) is 10.1. The van der Waals surface area contributed by atoms with E-state index < -0.39 is 6.04 Å². The highest BCUT2D eigenvalue weighted by Crippen LogP contribution is 2.13. The largest absolute Gasteiger partial charge is 0.350 e. The van der Waals surface area contributed by atoms with Crippen LogP contribution in [-0.2, 0) is 17.9 Å². The Kier molecular flexibility index (Phi) is 7.41. The topological polar surface area (TPSA) is 76.0 Å². The van der Waals surface area contributed by atoms with Crippen LogP contribution >= 0.6 is 15.9 Å². The molecule has 0 aliphatic rings. The second-order valence-corrected chi connectivity index (χ2v) is 8.31. The molecule has 1 unspecified atom stereocenters. The number of aromatic nitrogens is 2. The summed E-state index contributed by atoms with van der Waals surface area (Å²) in [6, 6.07) is 16.2. The highest BCUT2D eigenvalue weighted by Gasteiger charge is 2.24. The van der Waals surface area contributed by atoms with E-state index in [0.29, 0.717) is 18.7 Å². The molecule has 2 aromatic carbocycles. The highest BCUT2D eigenvalue weighted by molar-refractivity contribution is 9.10. The van der Waals surface area contributed by atoms with E-state index in [0.717, 1.165) is 15.6 Å². The van der Waals surface area contributed by atoms with Gasteiger partial charge in [-0.15, -0.1) is 0 Å². The summed E-state index contributed by atoms with van der Waals surface area (Å²) in [5.41, 5.74) is 2.62. The van der Waals surface area contributed by atoms with Gasteiger partial charge >= 0.3 is 0 Å². The summed E-state index contributed by atoms with van der Waals surface area (Å²) in [5.74, 6) is -0.525. The van der Waals surface area contributed by atoms with Crippen LogP contribution in [-0.4, -0.2) is 27.6 Å². The van der Waals surface area contributed by atoms with Crippen molar-refractivity contribution >= 4 is 27.7 Å². The minimum Gasteiger partial charge on any atom is -0.350 e. The van der Waals surface area contributed by atoms with Crippen molar-refractivity contribution < 1.29 is 9.59 Å². The molecule has 6 nitrogen and oxygen atoms in total. The van der Waals surface area contributed by atoms with Crippen LogP contribution in [0.1, 0.15) is 35.3 Å². The van der Waals surface area contributed by atoms with E-state index in [-0.39, 0.29) is 17.7 Å². The van der Waals surface area contributed by atoms with Gasteiger partial charge in [-0.3, -0.25) is 14.3 Å². The molecule has 0 spiro atoms. The Morgan fingerprint density at radius 1 is 1.03 bits per heavy atom. The summed E-state index contributed by atoms with van der Waals surface area (Å²) in [6.45, 7) is 4.84. The molecule has 1 atom stereocenters. The molecular formula is C23H25BrN4O2. The molecule has 156 valence electrons. The maximum atomic E-state index is 12.9. The highest BCUT2D eigenvalue weighted by atomic mass is 79.9. The first-order valence-electron chi connectivity index (χ1n) is 9.82. The van der Waals surface area contributed by atoms with Crippen molar-refractivity contribution in [2.75, 3.05) is 0 Å². The van der Waals surface area contributed by atoms with Gasteiger partial charge < -0.3 is 10.6 Å². The van der Waals surface area contributed by atoms with Gasteiger partial charge in [0.15, 0.2) is 0 Å². The fourth-order valence-corrected chi connectivity index (χ4v) is 3.37. The third-order valence-electron chi connectivity index (χ3n) is 4.81. The Morgan fingerprint density at radius 3 is 2.37 bits per heavy atom. The van der Waals surface area contributed by atoms with Gasteiger partial charge in [0.2, 0.25) is 5.91 Å². The van der Waals surface area contributed by atoms with Crippen molar-refractivity contribution in [1.82, 2.24) is 20.4 Å². The van der Waals surface area contributed by atoms with E-state index in [2.05, 4.69) is 31.7 Å². The predicted molar refractivity (Wildman–Crippen MR) is 120 cm³/mol. The average molecular weight is 469 g/mol. The smallest absolute Gasteiger partial charge is 0.251 e. The standard InChI is InChI=1S/C23H25BrN4O2/c1-16(2)21(27-22(29)17-8-10-20(24)11-9-17)23(30)25-14-18-6-3-4-7-19(18)15-28-13-5-12-26-28/h3-13,16,21H,14-15H2,1-2H3,(H,25,30)(H,27,29). The number of nitrogens with one attached hydrogen (secondary N) is 2. The predicted octanol–water partition coefficient (Wildman–Crippen LogP) is 3.76. The second kappa shape index (κ2) is 10.2. The number of rotatable bonds is 8. The maximum absolute atomic E-state index is 12.9. The molecule has 30 heavy (non-hydrogen) atoms. The normalized spacial score (nSPS) is 11.9. The van der Waals surface area contributed by atoms with Gasteiger partial charge in [0, 0.05) is 29.0 Å². The SMILES string of the molecule is CC(C)C(NC(=O)c1ccc(Br)cc1)C(=O)NCc1ccccc1Cn1cccn1. The van der Waals surface area contributed by atoms with Crippen molar-refractivity contribution in [1.29, 1.82) is 0 Å². The van der Waals surface area contributed by atoms with Crippen LogP contribution < -0.4 is 10.6 Å². The molecule has 0 bridgehead atoms. The molecule has 2 N–H and O–H groups in total. The number of nitrogens with zero attached hydrogens (tertiary/aromatic N) is 2. The Balaban J connectivity index is 1.64. The van der Waals surface area contributed by atoms with Gasteiger partial charge in [-0.1, -0.05) is 54.0 Å². The Labute approximate surface area is 184 Å². The molecule has 3 aromatic rings. The van der Waals surface area contributed by atoms with Crippen molar-refractivity contribution in [3.63, 3.8) is 0 Å². The maximum Gasteiger partial charge on any atom is 0.251 e. The molecule has 7 heteroatoms. The van der Waals surface area contributed by atoms with Gasteiger partial charge in [-0.2, -0.15) is 5.10 Å². The van der Waals surface area contributed by atoms with E-state index in [1.165, 1.54) is 0 Å². The molecule has 3 rings (SSSR count). The van der Waals surface area contributed by atoms with Gasteiger partial charge in [-0.05, 0) is 47.4 Å². The lowest BCUT2D eigenvalue weighted by Gasteiger charge is -2.22. The Bertz CT molecular complexity index is 985. The number of halogens is 1. The molecule has 0 aliphatic heterocycles. The summed E-state index contributed by atoms with van der Waals surface area (Å²) in [7, 11) is 0. The quantitative estimate of drug-likeness (QED) is 0.528. The molecule has 1 aromatic heterocycles. The molecule has 2 amide bonds. The first-order valence-corrected chi connectivity index (χ1v) is 10.6. The van der Waals surface area contributed by atoms with Gasteiger partial charge in [0.05, 0.1) is 6.54 Å². The third kappa shape index (κ3) is 5.79.